The van der Waals surface area contributed by atoms with Crippen molar-refractivity contribution >= 4 is 22.5 Å². The molecule has 3 heterocycles. The van der Waals surface area contributed by atoms with Gasteiger partial charge in [0.2, 0.25) is 5.91 Å². The van der Waals surface area contributed by atoms with Gasteiger partial charge < -0.3 is 14.5 Å². The first-order valence-electron chi connectivity index (χ1n) is 11.1. The normalized spacial score (nSPS) is 19.4. The zero-order valence-electron chi connectivity index (χ0n) is 17.9. The van der Waals surface area contributed by atoms with Crippen molar-refractivity contribution in [3.63, 3.8) is 0 Å². The molecule has 0 radical (unpaired) electrons. The van der Waals surface area contributed by atoms with E-state index in [0.717, 1.165) is 60.9 Å². The Balaban J connectivity index is 1.42. The first-order chi connectivity index (χ1) is 15.1. The van der Waals surface area contributed by atoms with E-state index < -0.39 is 5.54 Å². The Morgan fingerprint density at radius 3 is 2.58 bits per heavy atom. The second-order valence-electron chi connectivity index (χ2n) is 8.52. The highest BCUT2D eigenvalue weighted by Gasteiger charge is 2.45. The number of amides is 1. The molecule has 0 spiro atoms. The lowest BCUT2D eigenvalue weighted by Crippen LogP contribution is -2.60. The van der Waals surface area contributed by atoms with E-state index in [-0.39, 0.29) is 5.91 Å². The summed E-state index contributed by atoms with van der Waals surface area (Å²) in [6, 6.07) is 8.00. The number of carbonyl (C=O) groups is 1. The second kappa shape index (κ2) is 8.40. The van der Waals surface area contributed by atoms with Crippen LogP contribution >= 0.6 is 0 Å². The molecule has 1 N–H and O–H groups in total. The minimum absolute atomic E-state index is 0.0583. The van der Waals surface area contributed by atoms with Crippen LogP contribution < -0.4 is 5.32 Å². The summed E-state index contributed by atoms with van der Waals surface area (Å²) in [5.74, 6) is 2.01. The average molecular weight is 421 g/mol. The Bertz CT molecular complexity index is 1080. The number of morpholine rings is 1. The van der Waals surface area contributed by atoms with Crippen LogP contribution in [0.15, 0.2) is 41.1 Å². The maximum Gasteiger partial charge on any atom is 0.246 e. The molecule has 3 aromatic rings. The maximum absolute atomic E-state index is 13.6. The van der Waals surface area contributed by atoms with Crippen LogP contribution in [0.25, 0.3) is 22.1 Å². The quantitative estimate of drug-likeness (QED) is 0.682. The monoisotopic (exact) mass is 420 g/mol. The number of rotatable bonds is 4. The van der Waals surface area contributed by atoms with Gasteiger partial charge in [0.15, 0.2) is 11.7 Å². The summed E-state index contributed by atoms with van der Waals surface area (Å²) in [5, 5.41) is 5.15. The van der Waals surface area contributed by atoms with E-state index in [1.165, 1.54) is 6.42 Å². The fourth-order valence-corrected chi connectivity index (χ4v) is 4.91. The van der Waals surface area contributed by atoms with Crippen LogP contribution in [-0.2, 0) is 9.53 Å². The smallest absolute Gasteiger partial charge is 0.246 e. The van der Waals surface area contributed by atoms with Gasteiger partial charge in [-0.05, 0) is 30.4 Å². The molecule has 0 atom stereocenters. The zero-order valence-corrected chi connectivity index (χ0v) is 17.9. The Kier molecular flexibility index (Phi) is 5.46. The standard InChI is InChI=1S/C24H28N4O3/c1-17-25-16-21(31-17)18-5-6-19-15-26-22(14-20(19)13-18)27-23(29)24(7-3-2-4-8-24)28-9-11-30-12-10-28/h5-6,13-16H,2-4,7-12H2,1H3,(H,26,27,29). The number of aromatic nitrogens is 2. The molecule has 162 valence electrons. The molecule has 7 heteroatoms. The van der Waals surface area contributed by atoms with E-state index in [1.807, 2.05) is 37.4 Å². The van der Waals surface area contributed by atoms with Gasteiger partial charge in [0.25, 0.3) is 0 Å². The van der Waals surface area contributed by atoms with Gasteiger partial charge in [0.05, 0.1) is 19.4 Å². The molecule has 1 saturated heterocycles. The fourth-order valence-electron chi connectivity index (χ4n) is 4.91. The summed E-state index contributed by atoms with van der Waals surface area (Å²) in [6.07, 6.45) is 8.67. The lowest BCUT2D eigenvalue weighted by molar-refractivity contribution is -0.134. The lowest BCUT2D eigenvalue weighted by atomic mass is 9.79. The minimum atomic E-state index is -0.460. The van der Waals surface area contributed by atoms with Gasteiger partial charge in [-0.1, -0.05) is 31.4 Å². The number of carbonyl (C=O) groups excluding carboxylic acids is 1. The molecule has 2 aliphatic rings. The van der Waals surface area contributed by atoms with Crippen LogP contribution in [0.5, 0.6) is 0 Å². The van der Waals surface area contributed by atoms with Gasteiger partial charge in [-0.3, -0.25) is 9.69 Å². The highest BCUT2D eigenvalue weighted by Crippen LogP contribution is 2.35. The van der Waals surface area contributed by atoms with Crippen LogP contribution in [0.3, 0.4) is 0 Å². The van der Waals surface area contributed by atoms with Crippen molar-refractivity contribution in [1.29, 1.82) is 0 Å². The van der Waals surface area contributed by atoms with Crippen molar-refractivity contribution in [2.24, 2.45) is 0 Å². The Hall–Kier alpha value is -2.77. The number of nitrogens with zero attached hydrogens (tertiary/aromatic N) is 3. The van der Waals surface area contributed by atoms with Crippen molar-refractivity contribution in [1.82, 2.24) is 14.9 Å². The molecule has 0 unspecified atom stereocenters. The molecule has 1 saturated carbocycles. The number of oxazole rings is 1. The zero-order chi connectivity index (χ0) is 21.3. The highest BCUT2D eigenvalue weighted by molar-refractivity contribution is 5.99. The number of nitrogens with one attached hydrogen (secondary N) is 1. The number of hydrogen-bond donors (Lipinski definition) is 1. The molecule has 1 amide bonds. The summed E-state index contributed by atoms with van der Waals surface area (Å²) in [7, 11) is 0. The molecule has 2 aromatic heterocycles. The molecular formula is C24H28N4O3. The van der Waals surface area contributed by atoms with Crippen molar-refractivity contribution in [3.8, 4) is 11.3 Å². The number of aryl methyl sites for hydroxylation is 1. The molecule has 0 bridgehead atoms. The predicted molar refractivity (Wildman–Crippen MR) is 119 cm³/mol. The van der Waals surface area contributed by atoms with Crippen molar-refractivity contribution in [2.45, 2.75) is 44.6 Å². The minimum Gasteiger partial charge on any atom is -0.441 e. The van der Waals surface area contributed by atoms with Crippen LogP contribution in [0.1, 0.15) is 38.0 Å². The van der Waals surface area contributed by atoms with Gasteiger partial charge in [-0.25, -0.2) is 9.97 Å². The molecule has 1 aliphatic carbocycles. The van der Waals surface area contributed by atoms with E-state index in [2.05, 4.69) is 20.2 Å². The number of anilines is 1. The van der Waals surface area contributed by atoms with E-state index in [1.54, 1.807) is 6.20 Å². The fraction of sp³-hybridized carbons (Fsp3) is 0.458. The van der Waals surface area contributed by atoms with E-state index in [9.17, 15) is 4.79 Å². The number of benzene rings is 1. The Morgan fingerprint density at radius 1 is 1.03 bits per heavy atom. The van der Waals surface area contributed by atoms with E-state index in [4.69, 9.17) is 9.15 Å². The molecule has 7 nitrogen and oxygen atoms in total. The molecule has 1 aliphatic heterocycles. The molecule has 31 heavy (non-hydrogen) atoms. The van der Waals surface area contributed by atoms with Crippen LogP contribution in [0.2, 0.25) is 0 Å². The number of ether oxygens (including phenoxy) is 1. The summed E-state index contributed by atoms with van der Waals surface area (Å²) in [6.45, 7) is 4.81. The van der Waals surface area contributed by atoms with Crippen LogP contribution in [0.4, 0.5) is 5.82 Å². The third kappa shape index (κ3) is 3.95. The van der Waals surface area contributed by atoms with E-state index >= 15 is 0 Å². The van der Waals surface area contributed by atoms with Crippen molar-refractivity contribution < 1.29 is 13.9 Å². The van der Waals surface area contributed by atoms with Gasteiger partial charge >= 0.3 is 0 Å². The molecule has 1 aromatic carbocycles. The first-order valence-corrected chi connectivity index (χ1v) is 11.1. The van der Waals surface area contributed by atoms with E-state index in [0.29, 0.717) is 24.9 Å². The SMILES string of the molecule is Cc1ncc(-c2ccc3cnc(NC(=O)C4(N5CCOCC5)CCCCC4)cc3c2)o1. The Labute approximate surface area is 181 Å². The summed E-state index contributed by atoms with van der Waals surface area (Å²) >= 11 is 0. The highest BCUT2D eigenvalue weighted by atomic mass is 16.5. The molecular weight excluding hydrogens is 392 g/mol. The first kappa shape index (κ1) is 20.2. The predicted octanol–water partition coefficient (Wildman–Crippen LogP) is 4.17. The van der Waals surface area contributed by atoms with Crippen LogP contribution in [0, 0.1) is 6.92 Å². The number of pyridine rings is 1. The summed E-state index contributed by atoms with van der Waals surface area (Å²) < 4.78 is 11.2. The van der Waals surface area contributed by atoms with Gasteiger partial charge in [-0.15, -0.1) is 0 Å². The van der Waals surface area contributed by atoms with Gasteiger partial charge in [0, 0.05) is 37.2 Å². The largest absolute Gasteiger partial charge is 0.441 e. The average Bonchev–Trinajstić information content (AvgIpc) is 3.26. The summed E-state index contributed by atoms with van der Waals surface area (Å²) in [5.41, 5.74) is 0.492. The molecule has 5 rings (SSSR count). The lowest BCUT2D eigenvalue weighted by Gasteiger charge is -2.46. The number of fused-ring (bicyclic) bond motifs is 1. The van der Waals surface area contributed by atoms with Gasteiger partial charge in [-0.2, -0.15) is 0 Å². The molecule has 2 fully saturated rings. The van der Waals surface area contributed by atoms with Gasteiger partial charge in [0.1, 0.15) is 11.4 Å². The van der Waals surface area contributed by atoms with Crippen LogP contribution in [-0.4, -0.2) is 52.6 Å². The van der Waals surface area contributed by atoms with Crippen molar-refractivity contribution in [2.75, 3.05) is 31.6 Å². The third-order valence-corrected chi connectivity index (χ3v) is 6.59. The maximum atomic E-state index is 13.6. The van der Waals surface area contributed by atoms with Crippen molar-refractivity contribution in [3.05, 3.63) is 42.5 Å². The Morgan fingerprint density at radius 2 is 1.84 bits per heavy atom. The topological polar surface area (TPSA) is 80.5 Å². The third-order valence-electron chi connectivity index (χ3n) is 6.59. The number of hydrogen-bond acceptors (Lipinski definition) is 6. The summed E-state index contributed by atoms with van der Waals surface area (Å²) in [4.78, 5) is 24.6. The second-order valence-corrected chi connectivity index (χ2v) is 8.52.